The van der Waals surface area contributed by atoms with E-state index in [2.05, 4.69) is 9.88 Å². The van der Waals surface area contributed by atoms with Crippen molar-refractivity contribution in [2.75, 3.05) is 32.7 Å². The van der Waals surface area contributed by atoms with E-state index in [4.69, 9.17) is 0 Å². The molecule has 8 nitrogen and oxygen atoms in total. The van der Waals surface area contributed by atoms with Crippen molar-refractivity contribution in [3.05, 3.63) is 32.6 Å². The van der Waals surface area contributed by atoms with Gasteiger partial charge in [-0.3, -0.25) is 14.6 Å². The summed E-state index contributed by atoms with van der Waals surface area (Å²) in [7, 11) is 0. The van der Waals surface area contributed by atoms with E-state index in [1.54, 1.807) is 0 Å². The predicted molar refractivity (Wildman–Crippen MR) is 78.8 cm³/mol. The van der Waals surface area contributed by atoms with Crippen LogP contribution in [0.2, 0.25) is 0 Å². The average molecular weight is 308 g/mol. The molecule has 8 heteroatoms. The molecule has 0 spiro atoms. The summed E-state index contributed by atoms with van der Waals surface area (Å²) in [6.45, 7) is 3.13. The molecule has 0 aromatic carbocycles. The minimum atomic E-state index is -0.922. The Morgan fingerprint density at radius 1 is 1.27 bits per heavy atom. The second-order valence-electron chi connectivity index (χ2n) is 6.17. The van der Waals surface area contributed by atoms with E-state index >= 15 is 0 Å². The van der Waals surface area contributed by atoms with E-state index in [1.165, 1.54) is 4.90 Å². The molecular formula is C14H20N4O4. The van der Waals surface area contributed by atoms with E-state index in [9.17, 15) is 19.5 Å². The monoisotopic (exact) mass is 308 g/mol. The molecular weight excluding hydrogens is 288 g/mol. The van der Waals surface area contributed by atoms with E-state index in [0.717, 1.165) is 32.1 Å². The topological polar surface area (TPSA) is 109 Å². The van der Waals surface area contributed by atoms with Crippen LogP contribution in [0.15, 0.2) is 15.8 Å². The number of nitrogens with zero attached hydrogens (tertiary/aromatic N) is 2. The first kappa shape index (κ1) is 15.0. The van der Waals surface area contributed by atoms with Gasteiger partial charge >= 0.3 is 5.69 Å². The van der Waals surface area contributed by atoms with Crippen molar-refractivity contribution in [1.82, 2.24) is 19.8 Å². The number of H-pyrrole nitrogens is 2. The number of β-amino-alcohol motifs (C(OH)–C–C–N with tert-alkyl or cyclic N) is 1. The Morgan fingerprint density at radius 3 is 2.68 bits per heavy atom. The molecule has 1 aromatic heterocycles. The van der Waals surface area contributed by atoms with Gasteiger partial charge in [-0.1, -0.05) is 0 Å². The molecule has 1 amide bonds. The molecule has 0 bridgehead atoms. The summed E-state index contributed by atoms with van der Waals surface area (Å²) in [4.78, 5) is 43.1. The maximum Gasteiger partial charge on any atom is 0.325 e. The van der Waals surface area contributed by atoms with Crippen LogP contribution in [-0.2, 0) is 0 Å². The van der Waals surface area contributed by atoms with Gasteiger partial charge in [0.05, 0.1) is 12.1 Å². The van der Waals surface area contributed by atoms with Gasteiger partial charge in [-0.05, 0) is 32.4 Å². The van der Waals surface area contributed by atoms with Crippen LogP contribution in [0.5, 0.6) is 0 Å². The molecule has 0 saturated carbocycles. The highest BCUT2D eigenvalue weighted by Gasteiger charge is 2.40. The van der Waals surface area contributed by atoms with Gasteiger partial charge in [0.25, 0.3) is 11.5 Å². The Hall–Kier alpha value is -1.93. The molecule has 2 saturated heterocycles. The van der Waals surface area contributed by atoms with Crippen LogP contribution in [0, 0.1) is 0 Å². The molecule has 0 unspecified atom stereocenters. The van der Waals surface area contributed by atoms with Crippen LogP contribution in [-0.4, -0.2) is 69.1 Å². The predicted octanol–water partition coefficient (Wildman–Crippen LogP) is -1.26. The van der Waals surface area contributed by atoms with Crippen molar-refractivity contribution in [3.63, 3.8) is 0 Å². The summed E-state index contributed by atoms with van der Waals surface area (Å²) in [6, 6.07) is 0. The zero-order valence-electron chi connectivity index (χ0n) is 12.3. The highest BCUT2D eigenvalue weighted by Crippen LogP contribution is 2.25. The highest BCUT2D eigenvalue weighted by molar-refractivity contribution is 5.93. The Balaban J connectivity index is 1.70. The zero-order valence-corrected chi connectivity index (χ0v) is 12.3. The maximum atomic E-state index is 12.4. The van der Waals surface area contributed by atoms with Gasteiger partial charge in [0.1, 0.15) is 5.56 Å². The molecule has 3 heterocycles. The maximum absolute atomic E-state index is 12.4. The van der Waals surface area contributed by atoms with Gasteiger partial charge in [-0.15, -0.1) is 0 Å². The molecule has 3 N–H and O–H groups in total. The summed E-state index contributed by atoms with van der Waals surface area (Å²) < 4.78 is 0. The lowest BCUT2D eigenvalue weighted by Crippen LogP contribution is -2.45. The lowest BCUT2D eigenvalue weighted by Gasteiger charge is -2.28. The minimum absolute atomic E-state index is 0.106. The SMILES string of the molecule is O=C(c1c[nH]c(=O)[nH]c1=O)N1CC[C@](O)(CN2CCCC2)C1. The number of hydrogen-bond donors (Lipinski definition) is 3. The molecule has 2 aliphatic heterocycles. The number of aliphatic hydroxyl groups is 1. The molecule has 1 aromatic rings. The summed E-state index contributed by atoms with van der Waals surface area (Å²) in [5.41, 5.74) is -2.38. The molecule has 120 valence electrons. The van der Waals surface area contributed by atoms with Crippen molar-refractivity contribution < 1.29 is 9.90 Å². The number of carbonyl (C=O) groups excluding carboxylic acids is 1. The number of rotatable bonds is 3. The van der Waals surface area contributed by atoms with Crippen molar-refractivity contribution in [2.45, 2.75) is 24.9 Å². The Morgan fingerprint density at radius 2 is 2.00 bits per heavy atom. The summed E-state index contributed by atoms with van der Waals surface area (Å²) >= 11 is 0. The second-order valence-corrected chi connectivity index (χ2v) is 6.17. The Bertz CT molecular complexity index is 676. The molecule has 0 aliphatic carbocycles. The summed E-state index contributed by atoms with van der Waals surface area (Å²) in [5, 5.41) is 10.7. The van der Waals surface area contributed by atoms with Crippen LogP contribution < -0.4 is 11.2 Å². The van der Waals surface area contributed by atoms with Gasteiger partial charge in [0.15, 0.2) is 0 Å². The van der Waals surface area contributed by atoms with Crippen LogP contribution >= 0.6 is 0 Å². The first-order chi connectivity index (χ1) is 10.5. The highest BCUT2D eigenvalue weighted by atomic mass is 16.3. The number of hydrogen-bond acceptors (Lipinski definition) is 5. The summed E-state index contributed by atoms with van der Waals surface area (Å²) in [6.07, 6.45) is 3.91. The van der Waals surface area contributed by atoms with Crippen LogP contribution in [0.25, 0.3) is 0 Å². The third-order valence-corrected chi connectivity index (χ3v) is 4.39. The summed E-state index contributed by atoms with van der Waals surface area (Å²) in [5.74, 6) is -0.463. The smallest absolute Gasteiger partial charge is 0.325 e. The lowest BCUT2D eigenvalue weighted by molar-refractivity contribution is 0.0175. The fourth-order valence-corrected chi connectivity index (χ4v) is 3.25. The Kier molecular flexibility index (Phi) is 3.88. The number of nitrogens with one attached hydrogen (secondary N) is 2. The van der Waals surface area contributed by atoms with Gasteiger partial charge in [-0.2, -0.15) is 0 Å². The third-order valence-electron chi connectivity index (χ3n) is 4.39. The molecule has 1 atom stereocenters. The lowest BCUT2D eigenvalue weighted by atomic mass is 10.0. The molecule has 22 heavy (non-hydrogen) atoms. The number of aromatic amines is 2. The number of aromatic nitrogens is 2. The minimum Gasteiger partial charge on any atom is -0.387 e. The van der Waals surface area contributed by atoms with Gasteiger partial charge in [0, 0.05) is 19.3 Å². The van der Waals surface area contributed by atoms with Crippen LogP contribution in [0.4, 0.5) is 0 Å². The van der Waals surface area contributed by atoms with E-state index in [-0.39, 0.29) is 12.1 Å². The van der Waals surface area contributed by atoms with E-state index < -0.39 is 22.8 Å². The van der Waals surface area contributed by atoms with Crippen molar-refractivity contribution in [3.8, 4) is 0 Å². The largest absolute Gasteiger partial charge is 0.387 e. The molecule has 2 aliphatic rings. The Labute approximate surface area is 126 Å². The molecule has 2 fully saturated rings. The standard InChI is InChI=1S/C14H20N4O4/c19-11-10(7-15-13(21)16-11)12(20)18-6-3-14(22,9-18)8-17-4-1-2-5-17/h7,22H,1-6,8-9H2,(H2,15,16,19,21)/t14-/m0/s1. The fourth-order valence-electron chi connectivity index (χ4n) is 3.25. The molecule has 0 radical (unpaired) electrons. The number of amides is 1. The quantitative estimate of drug-likeness (QED) is 0.645. The molecule has 3 rings (SSSR count). The zero-order chi connectivity index (χ0) is 15.7. The van der Waals surface area contributed by atoms with E-state index in [1.807, 2.05) is 4.98 Å². The van der Waals surface area contributed by atoms with Gasteiger partial charge in [0.2, 0.25) is 0 Å². The van der Waals surface area contributed by atoms with Crippen LogP contribution in [0.3, 0.4) is 0 Å². The normalized spacial score (nSPS) is 25.8. The first-order valence-corrected chi connectivity index (χ1v) is 7.53. The first-order valence-electron chi connectivity index (χ1n) is 7.53. The van der Waals surface area contributed by atoms with E-state index in [0.29, 0.717) is 19.5 Å². The average Bonchev–Trinajstić information content (AvgIpc) is 3.08. The van der Waals surface area contributed by atoms with Crippen molar-refractivity contribution in [2.24, 2.45) is 0 Å². The van der Waals surface area contributed by atoms with Gasteiger partial charge in [-0.25, -0.2) is 4.79 Å². The fraction of sp³-hybridized carbons (Fsp3) is 0.643. The van der Waals surface area contributed by atoms with Crippen LogP contribution in [0.1, 0.15) is 29.6 Å². The van der Waals surface area contributed by atoms with Crippen molar-refractivity contribution >= 4 is 5.91 Å². The second kappa shape index (κ2) is 5.69. The number of likely N-dealkylation sites (tertiary alicyclic amines) is 2. The van der Waals surface area contributed by atoms with Crippen molar-refractivity contribution in [1.29, 1.82) is 0 Å². The number of carbonyl (C=O) groups is 1. The van der Waals surface area contributed by atoms with Gasteiger partial charge < -0.3 is 19.9 Å². The third kappa shape index (κ3) is 2.97.